The van der Waals surface area contributed by atoms with Crippen molar-refractivity contribution in [3.05, 3.63) is 29.8 Å². The monoisotopic (exact) mass is 336 g/mol. The summed E-state index contributed by atoms with van der Waals surface area (Å²) in [7, 11) is 3.44. The minimum absolute atomic E-state index is 0.645. The first-order valence-corrected chi connectivity index (χ1v) is 8.61. The smallest absolute Gasteiger partial charge is 0.191 e. The van der Waals surface area contributed by atoms with Crippen LogP contribution in [0.3, 0.4) is 0 Å². The van der Waals surface area contributed by atoms with E-state index in [0.29, 0.717) is 19.8 Å². The molecule has 0 spiro atoms. The maximum absolute atomic E-state index is 5.97. The summed E-state index contributed by atoms with van der Waals surface area (Å²) >= 11 is 0. The third kappa shape index (κ3) is 7.66. The fourth-order valence-corrected chi connectivity index (χ4v) is 2.29. The highest BCUT2D eigenvalue weighted by atomic mass is 16.5. The van der Waals surface area contributed by atoms with Gasteiger partial charge in [-0.2, -0.15) is 0 Å². The molecule has 0 bridgehead atoms. The van der Waals surface area contributed by atoms with Crippen molar-refractivity contribution in [2.45, 2.75) is 20.4 Å². The first-order chi connectivity index (χ1) is 11.7. The molecule has 24 heavy (non-hydrogen) atoms. The Labute approximate surface area is 146 Å². The van der Waals surface area contributed by atoms with Crippen molar-refractivity contribution in [3.63, 3.8) is 0 Å². The number of nitrogens with one attached hydrogen (secondary N) is 2. The summed E-state index contributed by atoms with van der Waals surface area (Å²) in [6, 6.07) is 8.11. The molecule has 6 heteroatoms. The van der Waals surface area contributed by atoms with Crippen LogP contribution in [-0.2, 0) is 11.3 Å². The highest BCUT2D eigenvalue weighted by Gasteiger charge is 2.05. The van der Waals surface area contributed by atoms with Crippen LogP contribution in [-0.4, -0.2) is 64.4 Å². The van der Waals surface area contributed by atoms with Gasteiger partial charge in [-0.1, -0.05) is 32.0 Å². The summed E-state index contributed by atoms with van der Waals surface area (Å²) in [5.41, 5.74) is 1.12. The topological polar surface area (TPSA) is 58.1 Å². The number of nitrogens with zero attached hydrogens (tertiary/aromatic N) is 2. The van der Waals surface area contributed by atoms with Gasteiger partial charge in [0, 0.05) is 39.4 Å². The van der Waals surface area contributed by atoms with Gasteiger partial charge in [0.25, 0.3) is 0 Å². The minimum atomic E-state index is 0.645. The average molecular weight is 336 g/mol. The van der Waals surface area contributed by atoms with Crippen LogP contribution in [0, 0.1) is 0 Å². The van der Waals surface area contributed by atoms with E-state index in [2.05, 4.69) is 40.4 Å². The van der Waals surface area contributed by atoms with Gasteiger partial charge in [-0.05, 0) is 19.2 Å². The molecule has 0 aliphatic rings. The predicted octanol–water partition coefficient (Wildman–Crippen LogP) is 1.72. The fourth-order valence-electron chi connectivity index (χ4n) is 2.29. The van der Waals surface area contributed by atoms with Crippen LogP contribution in [0.1, 0.15) is 19.4 Å². The van der Waals surface area contributed by atoms with E-state index >= 15 is 0 Å². The van der Waals surface area contributed by atoms with E-state index in [1.54, 1.807) is 14.2 Å². The number of rotatable bonds is 11. The lowest BCUT2D eigenvalue weighted by Crippen LogP contribution is -2.38. The highest BCUT2D eigenvalue weighted by Crippen LogP contribution is 2.17. The molecule has 0 heterocycles. The van der Waals surface area contributed by atoms with E-state index in [1.165, 1.54) is 0 Å². The Kier molecular flexibility index (Phi) is 10.6. The second-order valence-electron chi connectivity index (χ2n) is 5.33. The van der Waals surface area contributed by atoms with Crippen molar-refractivity contribution in [1.29, 1.82) is 0 Å². The number of para-hydroxylation sites is 1. The van der Waals surface area contributed by atoms with Gasteiger partial charge in [-0.25, -0.2) is 0 Å². The largest absolute Gasteiger partial charge is 0.492 e. The molecule has 1 rings (SSSR count). The SMILES string of the molecule is CCN(CC)CCOc1ccccc1CNC(=NC)NCCOC. The maximum atomic E-state index is 5.97. The molecule has 0 amide bonds. The zero-order valence-corrected chi connectivity index (χ0v) is 15.5. The number of benzene rings is 1. The molecule has 0 atom stereocenters. The van der Waals surface area contributed by atoms with Gasteiger partial charge in [-0.3, -0.25) is 4.99 Å². The third-order valence-corrected chi connectivity index (χ3v) is 3.80. The van der Waals surface area contributed by atoms with E-state index in [0.717, 1.165) is 43.5 Å². The normalized spacial score (nSPS) is 11.6. The lowest BCUT2D eigenvalue weighted by molar-refractivity contribution is 0.203. The first-order valence-electron chi connectivity index (χ1n) is 8.61. The van der Waals surface area contributed by atoms with E-state index in [1.807, 2.05) is 18.2 Å². The molecule has 0 radical (unpaired) electrons. The Morgan fingerprint density at radius 2 is 1.88 bits per heavy atom. The van der Waals surface area contributed by atoms with Crippen LogP contribution in [0.25, 0.3) is 0 Å². The summed E-state index contributed by atoms with van der Waals surface area (Å²) in [4.78, 5) is 6.55. The maximum Gasteiger partial charge on any atom is 0.191 e. The van der Waals surface area contributed by atoms with Crippen LogP contribution >= 0.6 is 0 Å². The zero-order valence-electron chi connectivity index (χ0n) is 15.5. The molecular weight excluding hydrogens is 304 g/mol. The number of guanidine groups is 1. The van der Waals surface area contributed by atoms with Gasteiger partial charge in [-0.15, -0.1) is 0 Å². The number of aliphatic imine (C=N–C) groups is 1. The zero-order chi connectivity index (χ0) is 17.6. The van der Waals surface area contributed by atoms with Crippen molar-refractivity contribution in [2.75, 3.05) is 53.6 Å². The lowest BCUT2D eigenvalue weighted by Gasteiger charge is -2.19. The number of hydrogen-bond acceptors (Lipinski definition) is 4. The number of methoxy groups -OCH3 is 1. The average Bonchev–Trinajstić information content (AvgIpc) is 2.62. The van der Waals surface area contributed by atoms with Gasteiger partial charge in [0.05, 0.1) is 6.61 Å². The van der Waals surface area contributed by atoms with Crippen LogP contribution in [0.5, 0.6) is 5.75 Å². The summed E-state index contributed by atoms with van der Waals surface area (Å²) in [6.07, 6.45) is 0. The summed E-state index contributed by atoms with van der Waals surface area (Å²) in [5, 5.41) is 6.50. The molecule has 1 aromatic carbocycles. The first kappa shape index (κ1) is 20.3. The molecule has 0 unspecified atom stereocenters. The Hall–Kier alpha value is -1.79. The quantitative estimate of drug-likeness (QED) is 0.366. The molecule has 1 aromatic rings. The summed E-state index contributed by atoms with van der Waals surface area (Å²) < 4.78 is 11.0. The second-order valence-corrected chi connectivity index (χ2v) is 5.33. The number of ether oxygens (including phenoxy) is 2. The van der Waals surface area contributed by atoms with Crippen LogP contribution < -0.4 is 15.4 Å². The Morgan fingerprint density at radius 3 is 2.54 bits per heavy atom. The van der Waals surface area contributed by atoms with E-state index in [9.17, 15) is 0 Å². The predicted molar refractivity (Wildman–Crippen MR) is 99.8 cm³/mol. The van der Waals surface area contributed by atoms with Gasteiger partial charge in [0.1, 0.15) is 12.4 Å². The lowest BCUT2D eigenvalue weighted by atomic mass is 10.2. The Balaban J connectivity index is 2.50. The van der Waals surface area contributed by atoms with Gasteiger partial charge >= 0.3 is 0 Å². The van der Waals surface area contributed by atoms with E-state index in [-0.39, 0.29) is 0 Å². The molecule has 0 aliphatic carbocycles. The Morgan fingerprint density at radius 1 is 1.12 bits per heavy atom. The van der Waals surface area contributed by atoms with E-state index < -0.39 is 0 Å². The van der Waals surface area contributed by atoms with Crippen molar-refractivity contribution < 1.29 is 9.47 Å². The van der Waals surface area contributed by atoms with Crippen molar-refractivity contribution in [2.24, 2.45) is 4.99 Å². The molecule has 0 fully saturated rings. The molecule has 2 N–H and O–H groups in total. The fraction of sp³-hybridized carbons (Fsp3) is 0.611. The molecular formula is C18H32N4O2. The molecule has 0 aromatic heterocycles. The minimum Gasteiger partial charge on any atom is -0.492 e. The third-order valence-electron chi connectivity index (χ3n) is 3.80. The van der Waals surface area contributed by atoms with Crippen LogP contribution in [0.2, 0.25) is 0 Å². The highest BCUT2D eigenvalue weighted by molar-refractivity contribution is 5.79. The van der Waals surface area contributed by atoms with Crippen molar-refractivity contribution >= 4 is 5.96 Å². The van der Waals surface area contributed by atoms with Crippen molar-refractivity contribution in [3.8, 4) is 5.75 Å². The number of likely N-dealkylation sites (N-methyl/N-ethyl adjacent to an activating group) is 1. The standard InChI is InChI=1S/C18H32N4O2/c1-5-22(6-2)12-14-24-17-10-8-7-9-16(17)15-21-18(19-3)20-11-13-23-4/h7-10H,5-6,11-15H2,1-4H3,(H2,19,20,21). The van der Waals surface area contributed by atoms with Crippen LogP contribution in [0.15, 0.2) is 29.3 Å². The van der Waals surface area contributed by atoms with Gasteiger partial charge in [0.2, 0.25) is 0 Å². The van der Waals surface area contributed by atoms with Gasteiger partial charge < -0.3 is 25.0 Å². The number of hydrogen-bond donors (Lipinski definition) is 2. The van der Waals surface area contributed by atoms with E-state index in [4.69, 9.17) is 9.47 Å². The second kappa shape index (κ2) is 12.6. The summed E-state index contributed by atoms with van der Waals surface area (Å²) in [5.74, 6) is 1.68. The van der Waals surface area contributed by atoms with Crippen molar-refractivity contribution in [1.82, 2.24) is 15.5 Å². The van der Waals surface area contributed by atoms with Gasteiger partial charge in [0.15, 0.2) is 5.96 Å². The molecule has 6 nitrogen and oxygen atoms in total. The molecule has 136 valence electrons. The van der Waals surface area contributed by atoms with Crippen LogP contribution in [0.4, 0.5) is 0 Å². The molecule has 0 saturated heterocycles. The Bertz CT molecular complexity index is 476. The molecule has 0 aliphatic heterocycles. The molecule has 0 saturated carbocycles. The summed E-state index contributed by atoms with van der Waals surface area (Å²) in [6.45, 7) is 10.1.